The molecule has 0 aliphatic carbocycles. The number of ketones is 1. The highest BCUT2D eigenvalue weighted by Crippen LogP contribution is 2.27. The van der Waals surface area contributed by atoms with E-state index in [0.29, 0.717) is 16.1 Å². The smallest absolute Gasteiger partial charge is 0.430 e. The summed E-state index contributed by atoms with van der Waals surface area (Å²) in [5.74, 6) is -1.82. The molecule has 0 aliphatic rings. The molecule has 192 valence electrons. The molecule has 0 aromatic heterocycles. The summed E-state index contributed by atoms with van der Waals surface area (Å²) in [6.45, 7) is 9.29. The topological polar surface area (TPSA) is 111 Å². The normalized spacial score (nSPS) is 12.4. The molecule has 0 unspecified atom stereocenters. The van der Waals surface area contributed by atoms with Gasteiger partial charge in [-0.15, -0.1) is 6.58 Å². The van der Waals surface area contributed by atoms with E-state index in [1.807, 2.05) is 6.07 Å². The van der Waals surface area contributed by atoms with Gasteiger partial charge in [0.1, 0.15) is 18.8 Å². The first-order valence-corrected chi connectivity index (χ1v) is 11.3. The maximum Gasteiger partial charge on any atom is 0.430 e. The number of nitrogens with one attached hydrogen (secondary N) is 1. The van der Waals surface area contributed by atoms with E-state index in [1.54, 1.807) is 75.4 Å². The summed E-state index contributed by atoms with van der Waals surface area (Å²) < 4.78 is 16.0. The van der Waals surface area contributed by atoms with Crippen molar-refractivity contribution in [2.75, 3.05) is 0 Å². The minimum Gasteiger partial charge on any atom is -0.458 e. The molecule has 1 atom stereocenters. The Labute approximate surface area is 211 Å². The lowest BCUT2D eigenvalue weighted by molar-refractivity contribution is -0.173. The molecule has 2 rings (SSSR count). The van der Waals surface area contributed by atoms with Gasteiger partial charge in [-0.3, -0.25) is 4.79 Å². The fraction of sp³-hybridized carbons (Fsp3) is 0.333. The van der Waals surface area contributed by atoms with Crippen LogP contribution in [0.5, 0.6) is 0 Å². The molecule has 1 N–H and O–H groups in total. The Bertz CT molecular complexity index is 1060. The van der Waals surface area contributed by atoms with E-state index in [1.165, 1.54) is 6.08 Å². The first-order valence-electron chi connectivity index (χ1n) is 11.3. The zero-order valence-electron chi connectivity index (χ0n) is 21.0. The van der Waals surface area contributed by atoms with E-state index < -0.39 is 35.1 Å². The lowest BCUT2D eigenvalue weighted by Gasteiger charge is -2.39. The third kappa shape index (κ3) is 7.69. The van der Waals surface area contributed by atoms with E-state index in [4.69, 9.17) is 14.2 Å². The van der Waals surface area contributed by atoms with Crippen molar-refractivity contribution >= 4 is 23.9 Å². The Hall–Kier alpha value is -4.14. The number of carbonyl (C=O) groups excluding carboxylic acids is 4. The van der Waals surface area contributed by atoms with Crippen molar-refractivity contribution in [1.82, 2.24) is 10.4 Å². The first-order chi connectivity index (χ1) is 17.0. The van der Waals surface area contributed by atoms with E-state index in [-0.39, 0.29) is 19.6 Å². The van der Waals surface area contributed by atoms with Crippen LogP contribution in [0.3, 0.4) is 0 Å². The summed E-state index contributed by atoms with van der Waals surface area (Å²) in [5.41, 5.74) is 0.304. The Morgan fingerprint density at radius 1 is 0.889 bits per heavy atom. The van der Waals surface area contributed by atoms with Crippen molar-refractivity contribution in [2.24, 2.45) is 0 Å². The SMILES string of the molecule is C=CC[C@@](C(C)=O)(C(=O)OC(C)(C)C)N(NC(=O)OCc1ccccc1)C(=O)OCc1ccccc1. The quantitative estimate of drug-likeness (QED) is 0.176. The van der Waals surface area contributed by atoms with Gasteiger partial charge in [-0.05, 0) is 38.8 Å². The van der Waals surface area contributed by atoms with E-state index in [0.717, 1.165) is 6.92 Å². The highest BCUT2D eigenvalue weighted by atomic mass is 16.6. The average Bonchev–Trinajstić information content (AvgIpc) is 2.83. The molecule has 0 saturated heterocycles. The molecule has 0 aliphatic heterocycles. The van der Waals surface area contributed by atoms with Crippen molar-refractivity contribution < 1.29 is 33.4 Å². The van der Waals surface area contributed by atoms with Gasteiger partial charge in [-0.25, -0.2) is 19.8 Å². The van der Waals surface area contributed by atoms with Crippen molar-refractivity contribution in [3.05, 3.63) is 84.4 Å². The standard InChI is InChI=1S/C27H32N2O7/c1-6-17-27(20(2)30,23(31)36-26(3,4)5)29(25(33)35-19-22-15-11-8-12-16-22)28-24(32)34-18-21-13-9-7-10-14-21/h6-16H,1,17-19H2,2-5H3,(H,28,32)/t27-/m1/s1. The number of nitrogens with zero attached hydrogens (tertiary/aromatic N) is 1. The van der Waals surface area contributed by atoms with Crippen LogP contribution in [0.2, 0.25) is 0 Å². The first kappa shape index (κ1) is 28.1. The number of rotatable bonds is 9. The highest BCUT2D eigenvalue weighted by Gasteiger charge is 2.54. The van der Waals surface area contributed by atoms with Crippen LogP contribution in [-0.2, 0) is 37.0 Å². The maximum atomic E-state index is 13.4. The number of hydrogen-bond acceptors (Lipinski definition) is 7. The van der Waals surface area contributed by atoms with Gasteiger partial charge in [0.2, 0.25) is 5.54 Å². The lowest BCUT2D eigenvalue weighted by Crippen LogP contribution is -2.68. The molecular formula is C27H32N2O7. The zero-order valence-corrected chi connectivity index (χ0v) is 21.0. The summed E-state index contributed by atoms with van der Waals surface area (Å²) in [6.07, 6.45) is -1.30. The number of Topliss-reactive ketones (excluding diaryl/α,β-unsaturated/α-hetero) is 1. The Morgan fingerprint density at radius 3 is 1.83 bits per heavy atom. The predicted molar refractivity (Wildman–Crippen MR) is 132 cm³/mol. The largest absolute Gasteiger partial charge is 0.458 e. The van der Waals surface area contributed by atoms with E-state index in [9.17, 15) is 19.2 Å². The molecular weight excluding hydrogens is 464 g/mol. The Kier molecular flexibility index (Phi) is 9.78. The summed E-state index contributed by atoms with van der Waals surface area (Å²) >= 11 is 0. The van der Waals surface area contributed by atoms with Crippen LogP contribution in [-0.4, -0.2) is 40.1 Å². The fourth-order valence-corrected chi connectivity index (χ4v) is 3.21. The van der Waals surface area contributed by atoms with Gasteiger partial charge in [0.15, 0.2) is 5.78 Å². The van der Waals surface area contributed by atoms with Crippen LogP contribution >= 0.6 is 0 Å². The number of ether oxygens (including phenoxy) is 3. The van der Waals surface area contributed by atoms with E-state index in [2.05, 4.69) is 12.0 Å². The minimum atomic E-state index is -2.28. The third-order valence-electron chi connectivity index (χ3n) is 4.94. The number of esters is 1. The van der Waals surface area contributed by atoms with Crippen LogP contribution in [0.15, 0.2) is 73.3 Å². The number of carbonyl (C=O) groups is 4. The van der Waals surface area contributed by atoms with Gasteiger partial charge < -0.3 is 14.2 Å². The summed E-state index contributed by atoms with van der Waals surface area (Å²) in [4.78, 5) is 52.3. The molecule has 0 radical (unpaired) electrons. The molecule has 2 aromatic rings. The minimum absolute atomic E-state index is 0.111. The molecule has 2 amide bonds. The second kappa shape index (κ2) is 12.5. The summed E-state index contributed by atoms with van der Waals surface area (Å²) in [7, 11) is 0. The van der Waals surface area contributed by atoms with Crippen LogP contribution in [0.25, 0.3) is 0 Å². The Balaban J connectivity index is 2.39. The maximum absolute atomic E-state index is 13.4. The molecule has 0 saturated carbocycles. The average molecular weight is 497 g/mol. The Morgan fingerprint density at radius 2 is 1.39 bits per heavy atom. The zero-order chi connectivity index (χ0) is 26.8. The molecule has 0 spiro atoms. The lowest BCUT2D eigenvalue weighted by atomic mass is 9.89. The van der Waals surface area contributed by atoms with E-state index >= 15 is 0 Å². The third-order valence-corrected chi connectivity index (χ3v) is 4.94. The second-order valence-electron chi connectivity index (χ2n) is 8.96. The van der Waals surface area contributed by atoms with Crippen LogP contribution < -0.4 is 5.43 Å². The van der Waals surface area contributed by atoms with Crippen molar-refractivity contribution in [3.8, 4) is 0 Å². The monoisotopic (exact) mass is 496 g/mol. The molecule has 0 bridgehead atoms. The predicted octanol–water partition coefficient (Wildman–Crippen LogP) is 4.71. The van der Waals surface area contributed by atoms with Crippen molar-refractivity contribution in [1.29, 1.82) is 0 Å². The summed E-state index contributed by atoms with van der Waals surface area (Å²) in [6, 6.07) is 17.6. The number of hydrazine groups is 1. The van der Waals surface area contributed by atoms with Gasteiger partial charge in [0, 0.05) is 6.42 Å². The highest BCUT2D eigenvalue weighted by molar-refractivity contribution is 6.10. The van der Waals surface area contributed by atoms with Crippen LogP contribution in [0.4, 0.5) is 9.59 Å². The molecule has 0 heterocycles. The molecule has 9 nitrogen and oxygen atoms in total. The number of hydrogen-bond donors (Lipinski definition) is 1. The number of benzene rings is 2. The van der Waals surface area contributed by atoms with Gasteiger partial charge >= 0.3 is 18.2 Å². The summed E-state index contributed by atoms with van der Waals surface area (Å²) in [5, 5.41) is 0.529. The number of amides is 2. The van der Waals surface area contributed by atoms with Gasteiger partial charge in [0.05, 0.1) is 0 Å². The van der Waals surface area contributed by atoms with Crippen LogP contribution in [0.1, 0.15) is 45.2 Å². The molecule has 9 heteroatoms. The van der Waals surface area contributed by atoms with Crippen molar-refractivity contribution in [2.45, 2.75) is 58.5 Å². The van der Waals surface area contributed by atoms with Gasteiger partial charge in [0.25, 0.3) is 0 Å². The molecule has 0 fully saturated rings. The van der Waals surface area contributed by atoms with Crippen LogP contribution in [0, 0.1) is 0 Å². The second-order valence-corrected chi connectivity index (χ2v) is 8.96. The fourth-order valence-electron chi connectivity index (χ4n) is 3.21. The van der Waals surface area contributed by atoms with Gasteiger partial charge in [-0.2, -0.15) is 5.01 Å². The van der Waals surface area contributed by atoms with Gasteiger partial charge in [-0.1, -0.05) is 66.7 Å². The van der Waals surface area contributed by atoms with Crippen molar-refractivity contribution in [3.63, 3.8) is 0 Å². The molecule has 2 aromatic carbocycles. The molecule has 36 heavy (non-hydrogen) atoms.